The maximum Gasteiger partial charge on any atom is 0.408 e. The Labute approximate surface area is 227 Å². The predicted molar refractivity (Wildman–Crippen MR) is 151 cm³/mol. The summed E-state index contributed by atoms with van der Waals surface area (Å²) in [6.07, 6.45) is 4.48. The van der Waals surface area contributed by atoms with Crippen LogP contribution in [0.2, 0.25) is 0 Å². The second kappa shape index (κ2) is 14.5. The van der Waals surface area contributed by atoms with Crippen molar-refractivity contribution >= 4 is 29.7 Å². The number of rotatable bonds is 12. The number of benzene rings is 1. The van der Waals surface area contributed by atoms with Crippen LogP contribution in [-0.4, -0.2) is 63.6 Å². The molecule has 0 radical (unpaired) electrons. The molecule has 0 saturated carbocycles. The third-order valence-electron chi connectivity index (χ3n) is 5.68. The molecule has 0 fully saturated rings. The van der Waals surface area contributed by atoms with E-state index in [4.69, 9.17) is 4.74 Å². The lowest BCUT2D eigenvalue weighted by Crippen LogP contribution is -2.58. The quantitative estimate of drug-likeness (QED) is 0.311. The van der Waals surface area contributed by atoms with Crippen molar-refractivity contribution in [2.45, 2.75) is 104 Å². The number of carbonyl (C=O) groups is 3. The lowest BCUT2D eigenvalue weighted by Gasteiger charge is -2.43. The number of aromatic hydroxyl groups is 1. The van der Waals surface area contributed by atoms with Gasteiger partial charge in [-0.1, -0.05) is 25.8 Å². The van der Waals surface area contributed by atoms with E-state index in [0.29, 0.717) is 29.8 Å². The molecule has 3 N–H and O–H groups in total. The van der Waals surface area contributed by atoms with Gasteiger partial charge in [0, 0.05) is 12.1 Å². The standard InChI is InChI=1S/C28H47N3O5S/c1-10-11-12-16-29-24(33)23(20-13-14-22(32)19(2)18-20)31(27(3,4)5)25(34)21(15-17-37-9)30-26(35)36-28(6,7)8/h13-14,18,21,23,32H,10-12,15-17H2,1-9H3,(H,29,33)(H,30,35). The van der Waals surface area contributed by atoms with Gasteiger partial charge in [0.05, 0.1) is 0 Å². The van der Waals surface area contributed by atoms with Crippen molar-refractivity contribution in [3.63, 3.8) is 0 Å². The van der Waals surface area contributed by atoms with Crippen LogP contribution in [0.5, 0.6) is 5.75 Å². The first-order valence-corrected chi connectivity index (χ1v) is 14.4. The molecule has 1 aromatic carbocycles. The zero-order chi connectivity index (χ0) is 28.4. The molecule has 2 atom stereocenters. The zero-order valence-electron chi connectivity index (χ0n) is 24.1. The number of amides is 3. The van der Waals surface area contributed by atoms with E-state index in [9.17, 15) is 19.5 Å². The Kier molecular flexibility index (Phi) is 12.8. The van der Waals surface area contributed by atoms with Crippen LogP contribution in [0.4, 0.5) is 4.79 Å². The minimum atomic E-state index is -0.953. The molecule has 3 amide bonds. The Balaban J connectivity index is 3.51. The van der Waals surface area contributed by atoms with Crippen molar-refractivity contribution in [1.29, 1.82) is 0 Å². The van der Waals surface area contributed by atoms with Gasteiger partial charge >= 0.3 is 6.09 Å². The largest absolute Gasteiger partial charge is 0.508 e. The second-order valence-corrected chi connectivity index (χ2v) is 12.3. The zero-order valence-corrected chi connectivity index (χ0v) is 24.9. The molecule has 8 nitrogen and oxygen atoms in total. The molecule has 0 aromatic heterocycles. The number of carbonyl (C=O) groups excluding carboxylic acids is 3. The summed E-state index contributed by atoms with van der Waals surface area (Å²) in [4.78, 5) is 42.0. The molecule has 2 unspecified atom stereocenters. The van der Waals surface area contributed by atoms with Crippen LogP contribution in [0, 0.1) is 6.92 Å². The number of alkyl carbamates (subject to hydrolysis) is 1. The van der Waals surface area contributed by atoms with Gasteiger partial charge in [-0.2, -0.15) is 11.8 Å². The summed E-state index contributed by atoms with van der Waals surface area (Å²) >= 11 is 1.57. The number of unbranched alkanes of at least 4 members (excludes halogenated alkanes) is 2. The molecule has 1 aromatic rings. The van der Waals surface area contributed by atoms with Crippen molar-refractivity contribution < 1.29 is 24.2 Å². The van der Waals surface area contributed by atoms with Crippen molar-refractivity contribution in [2.24, 2.45) is 0 Å². The summed E-state index contributed by atoms with van der Waals surface area (Å²) < 4.78 is 5.43. The van der Waals surface area contributed by atoms with E-state index in [-0.39, 0.29) is 17.6 Å². The summed E-state index contributed by atoms with van der Waals surface area (Å²) in [7, 11) is 0. The fraction of sp³-hybridized carbons (Fsp3) is 0.679. The van der Waals surface area contributed by atoms with Crippen LogP contribution < -0.4 is 10.6 Å². The Morgan fingerprint density at radius 3 is 2.27 bits per heavy atom. The number of ether oxygens (including phenoxy) is 1. The van der Waals surface area contributed by atoms with Crippen molar-refractivity contribution in [1.82, 2.24) is 15.5 Å². The van der Waals surface area contributed by atoms with Gasteiger partial charge in [0.1, 0.15) is 23.4 Å². The van der Waals surface area contributed by atoms with Gasteiger partial charge in [0.25, 0.3) is 0 Å². The van der Waals surface area contributed by atoms with Gasteiger partial charge in [0.15, 0.2) is 0 Å². The normalized spacial score (nSPS) is 13.4. The van der Waals surface area contributed by atoms with Crippen LogP contribution in [0.3, 0.4) is 0 Å². The van der Waals surface area contributed by atoms with Crippen molar-refractivity contribution in [2.75, 3.05) is 18.6 Å². The summed E-state index contributed by atoms with van der Waals surface area (Å²) in [5.41, 5.74) is -0.284. The van der Waals surface area contributed by atoms with Crippen LogP contribution >= 0.6 is 11.8 Å². The molecule has 0 aliphatic carbocycles. The van der Waals surface area contributed by atoms with Gasteiger partial charge in [-0.3, -0.25) is 9.59 Å². The number of aryl methyl sites for hydroxylation is 1. The highest BCUT2D eigenvalue weighted by molar-refractivity contribution is 7.98. The van der Waals surface area contributed by atoms with E-state index in [2.05, 4.69) is 17.6 Å². The van der Waals surface area contributed by atoms with E-state index in [1.54, 1.807) is 56.5 Å². The molecule has 0 aliphatic heterocycles. The highest BCUT2D eigenvalue weighted by Crippen LogP contribution is 2.32. The highest BCUT2D eigenvalue weighted by atomic mass is 32.2. The van der Waals surface area contributed by atoms with E-state index in [1.165, 1.54) is 6.07 Å². The average Bonchev–Trinajstić information content (AvgIpc) is 2.77. The molecule has 0 bridgehead atoms. The van der Waals surface area contributed by atoms with E-state index >= 15 is 0 Å². The lowest BCUT2D eigenvalue weighted by atomic mass is 9.94. The molecule has 0 saturated heterocycles. The number of nitrogens with one attached hydrogen (secondary N) is 2. The first kappa shape index (κ1) is 32.6. The first-order valence-electron chi connectivity index (χ1n) is 13.0. The fourth-order valence-corrected chi connectivity index (χ4v) is 4.38. The van der Waals surface area contributed by atoms with Crippen LogP contribution in [0.25, 0.3) is 0 Å². The Hall–Kier alpha value is -2.42. The number of nitrogens with zero attached hydrogens (tertiary/aromatic N) is 1. The number of phenols is 1. The van der Waals surface area contributed by atoms with Gasteiger partial charge < -0.3 is 25.4 Å². The van der Waals surface area contributed by atoms with Gasteiger partial charge in [-0.05, 0) is 96.6 Å². The fourth-order valence-electron chi connectivity index (χ4n) is 3.91. The van der Waals surface area contributed by atoms with E-state index in [0.717, 1.165) is 19.3 Å². The molecule has 0 heterocycles. The molecule has 0 spiro atoms. The van der Waals surface area contributed by atoms with Crippen LogP contribution in [0.15, 0.2) is 18.2 Å². The molecular formula is C28H47N3O5S. The number of thioether (sulfide) groups is 1. The van der Waals surface area contributed by atoms with Crippen molar-refractivity contribution in [3.8, 4) is 5.75 Å². The van der Waals surface area contributed by atoms with Crippen LogP contribution in [-0.2, 0) is 14.3 Å². The average molecular weight is 538 g/mol. The molecule has 37 heavy (non-hydrogen) atoms. The molecule has 0 aliphatic rings. The third kappa shape index (κ3) is 10.8. The highest BCUT2D eigenvalue weighted by Gasteiger charge is 2.41. The smallest absolute Gasteiger partial charge is 0.408 e. The van der Waals surface area contributed by atoms with Gasteiger partial charge in [0.2, 0.25) is 11.8 Å². The van der Waals surface area contributed by atoms with Gasteiger partial charge in [-0.15, -0.1) is 0 Å². The lowest BCUT2D eigenvalue weighted by molar-refractivity contribution is -0.148. The monoisotopic (exact) mass is 537 g/mol. The Bertz CT molecular complexity index is 908. The van der Waals surface area contributed by atoms with Crippen molar-refractivity contribution in [3.05, 3.63) is 29.3 Å². The first-order chi connectivity index (χ1) is 17.1. The summed E-state index contributed by atoms with van der Waals surface area (Å²) in [5.74, 6) is 0.0808. The third-order valence-corrected chi connectivity index (χ3v) is 6.33. The predicted octanol–water partition coefficient (Wildman–Crippen LogP) is 5.32. The topological polar surface area (TPSA) is 108 Å². The minimum absolute atomic E-state index is 0.115. The summed E-state index contributed by atoms with van der Waals surface area (Å²) in [5, 5.41) is 15.9. The number of phenolic OH excluding ortho intramolecular Hbond substituents is 1. The van der Waals surface area contributed by atoms with Gasteiger partial charge in [-0.25, -0.2) is 4.79 Å². The Morgan fingerprint density at radius 2 is 1.76 bits per heavy atom. The second-order valence-electron chi connectivity index (χ2n) is 11.3. The number of hydrogen-bond acceptors (Lipinski definition) is 6. The molecule has 210 valence electrons. The summed E-state index contributed by atoms with van der Waals surface area (Å²) in [6, 6.07) is 3.11. The summed E-state index contributed by atoms with van der Waals surface area (Å²) in [6.45, 7) is 15.2. The molecular weight excluding hydrogens is 490 g/mol. The number of hydrogen-bond donors (Lipinski definition) is 3. The molecule has 1 rings (SSSR count). The van der Waals surface area contributed by atoms with E-state index in [1.807, 2.05) is 27.0 Å². The Morgan fingerprint density at radius 1 is 1.11 bits per heavy atom. The van der Waals surface area contributed by atoms with Crippen LogP contribution in [0.1, 0.15) is 91.3 Å². The SMILES string of the molecule is CCCCCNC(=O)C(c1ccc(O)c(C)c1)N(C(=O)C(CCSC)NC(=O)OC(C)(C)C)C(C)(C)C. The maximum absolute atomic E-state index is 14.2. The minimum Gasteiger partial charge on any atom is -0.508 e. The van der Waals surface area contributed by atoms with E-state index < -0.39 is 29.3 Å². The maximum atomic E-state index is 14.2. The molecule has 9 heteroatoms.